The van der Waals surface area contributed by atoms with Gasteiger partial charge < -0.3 is 4.42 Å². The van der Waals surface area contributed by atoms with Crippen molar-refractivity contribution in [2.24, 2.45) is 0 Å². The van der Waals surface area contributed by atoms with E-state index in [-0.39, 0.29) is 0 Å². The molecule has 262 valence electrons. The van der Waals surface area contributed by atoms with Crippen molar-refractivity contribution >= 4 is 53.4 Å². The van der Waals surface area contributed by atoms with Crippen LogP contribution in [-0.4, -0.2) is 15.0 Å². The van der Waals surface area contributed by atoms with Crippen molar-refractivity contribution in [3.05, 3.63) is 188 Å². The van der Waals surface area contributed by atoms with E-state index in [1.165, 1.54) is 20.2 Å². The Bertz CT molecular complexity index is 3170. The Labute approximate surface area is 327 Å². The maximum absolute atomic E-state index is 7.26. The van der Waals surface area contributed by atoms with Crippen LogP contribution < -0.4 is 0 Å². The predicted octanol–water partition coefficient (Wildman–Crippen LogP) is 14.1. The summed E-state index contributed by atoms with van der Waals surface area (Å²) in [5.74, 6) is 1.82. The molecule has 8 aromatic carbocycles. The highest BCUT2D eigenvalue weighted by Crippen LogP contribution is 2.48. The van der Waals surface area contributed by atoms with Gasteiger partial charge in [0.15, 0.2) is 17.5 Å². The molecule has 0 fully saturated rings. The summed E-state index contributed by atoms with van der Waals surface area (Å²) in [4.78, 5) is 15.4. The van der Waals surface area contributed by atoms with Crippen molar-refractivity contribution in [2.75, 3.05) is 0 Å². The number of hydrogen-bond acceptors (Lipinski definition) is 5. The maximum Gasteiger partial charge on any atom is 0.164 e. The Balaban J connectivity index is 1.27. The third-order valence-electron chi connectivity index (χ3n) is 10.5. The molecule has 11 rings (SSSR count). The number of thiophene rings is 1. The molecule has 11 aromatic rings. The average molecular weight is 734 g/mol. The van der Waals surface area contributed by atoms with Crippen molar-refractivity contribution in [1.29, 1.82) is 0 Å². The molecule has 5 heteroatoms. The highest BCUT2D eigenvalue weighted by Gasteiger charge is 2.24. The summed E-state index contributed by atoms with van der Waals surface area (Å²) in [6.45, 7) is 0. The van der Waals surface area contributed by atoms with Gasteiger partial charge in [-0.3, -0.25) is 0 Å². The van der Waals surface area contributed by atoms with Crippen molar-refractivity contribution in [1.82, 2.24) is 15.0 Å². The summed E-state index contributed by atoms with van der Waals surface area (Å²) >= 11 is 1.82. The van der Waals surface area contributed by atoms with Gasteiger partial charge in [-0.2, -0.15) is 0 Å². The third kappa shape index (κ3) is 5.40. The van der Waals surface area contributed by atoms with Crippen LogP contribution in [0.15, 0.2) is 192 Å². The molecule has 3 aromatic heterocycles. The normalized spacial score (nSPS) is 11.6. The van der Waals surface area contributed by atoms with Gasteiger partial charge in [0.1, 0.15) is 11.2 Å². The lowest BCUT2D eigenvalue weighted by molar-refractivity contribution is 0.671. The second-order valence-electron chi connectivity index (χ2n) is 13.9. The van der Waals surface area contributed by atoms with Gasteiger partial charge in [0.05, 0.1) is 0 Å². The van der Waals surface area contributed by atoms with Crippen LogP contribution in [0, 0.1) is 0 Å². The number of furan rings is 1. The van der Waals surface area contributed by atoms with E-state index in [4.69, 9.17) is 19.4 Å². The van der Waals surface area contributed by atoms with Crippen LogP contribution in [0.2, 0.25) is 0 Å². The van der Waals surface area contributed by atoms with Gasteiger partial charge in [0.25, 0.3) is 0 Å². The molecular weight excluding hydrogens is 703 g/mol. The van der Waals surface area contributed by atoms with Crippen LogP contribution in [0.1, 0.15) is 0 Å². The lowest BCUT2D eigenvalue weighted by Gasteiger charge is -2.11. The van der Waals surface area contributed by atoms with Crippen molar-refractivity contribution < 1.29 is 4.42 Å². The SMILES string of the molecule is c1ccc(-c2cc(-c3ccccc3)c3oc4c(-c5cccc6c5sc5ccccc56)ccc(-c5nc(-c6ccccc6)nc(-c6ccccc6)n5)c4c3c2)cc1. The lowest BCUT2D eigenvalue weighted by atomic mass is 9.93. The predicted molar refractivity (Wildman–Crippen MR) is 233 cm³/mol. The number of rotatable bonds is 6. The fraction of sp³-hybridized carbons (Fsp3) is 0. The summed E-state index contributed by atoms with van der Waals surface area (Å²) in [6, 6.07) is 65.5. The average Bonchev–Trinajstić information content (AvgIpc) is 3.86. The van der Waals surface area contributed by atoms with Crippen LogP contribution in [0.25, 0.3) is 110 Å². The van der Waals surface area contributed by atoms with Gasteiger partial charge in [-0.25, -0.2) is 15.0 Å². The van der Waals surface area contributed by atoms with E-state index in [2.05, 4.69) is 127 Å². The largest absolute Gasteiger partial charge is 0.455 e. The minimum atomic E-state index is 0.586. The first kappa shape index (κ1) is 32.2. The summed E-state index contributed by atoms with van der Waals surface area (Å²) in [5, 5.41) is 4.47. The first-order chi connectivity index (χ1) is 27.8. The van der Waals surface area contributed by atoms with Gasteiger partial charge in [0, 0.05) is 64.3 Å². The van der Waals surface area contributed by atoms with Gasteiger partial charge >= 0.3 is 0 Å². The van der Waals surface area contributed by atoms with Gasteiger partial charge in [-0.15, -0.1) is 11.3 Å². The Morgan fingerprint density at radius 3 is 1.57 bits per heavy atom. The Morgan fingerprint density at radius 1 is 0.339 bits per heavy atom. The molecular formula is C51H31N3OS. The number of hydrogen-bond donors (Lipinski definition) is 0. The molecule has 4 nitrogen and oxygen atoms in total. The molecule has 0 radical (unpaired) electrons. The molecule has 0 saturated carbocycles. The first-order valence-corrected chi connectivity index (χ1v) is 19.5. The fourth-order valence-corrected chi connectivity index (χ4v) is 9.13. The Hall–Kier alpha value is -7.21. The Morgan fingerprint density at radius 2 is 0.893 bits per heavy atom. The minimum absolute atomic E-state index is 0.586. The number of aromatic nitrogens is 3. The van der Waals surface area contributed by atoms with Crippen molar-refractivity contribution in [3.63, 3.8) is 0 Å². The Kier molecular flexibility index (Phi) is 7.64. The quantitative estimate of drug-likeness (QED) is 0.171. The van der Waals surface area contributed by atoms with Gasteiger partial charge in [-0.1, -0.05) is 158 Å². The molecule has 3 heterocycles. The zero-order valence-corrected chi connectivity index (χ0v) is 30.9. The van der Waals surface area contributed by atoms with Crippen LogP contribution >= 0.6 is 11.3 Å². The summed E-state index contributed by atoms with van der Waals surface area (Å²) in [7, 11) is 0. The van der Waals surface area contributed by atoms with Crippen LogP contribution in [0.4, 0.5) is 0 Å². The fourth-order valence-electron chi connectivity index (χ4n) is 7.90. The number of nitrogens with zero attached hydrogens (tertiary/aromatic N) is 3. The van der Waals surface area contributed by atoms with Gasteiger partial charge in [-0.05, 0) is 47.0 Å². The molecule has 0 unspecified atom stereocenters. The van der Waals surface area contributed by atoms with Crippen molar-refractivity contribution in [2.45, 2.75) is 0 Å². The molecule has 0 aliphatic carbocycles. The molecule has 0 N–H and O–H groups in total. The molecule has 0 spiro atoms. The van der Waals surface area contributed by atoms with Crippen LogP contribution in [-0.2, 0) is 0 Å². The second kappa shape index (κ2) is 13.3. The van der Waals surface area contributed by atoms with Gasteiger partial charge in [0.2, 0.25) is 0 Å². The van der Waals surface area contributed by atoms with Crippen LogP contribution in [0.5, 0.6) is 0 Å². The molecule has 0 amide bonds. The molecule has 0 aliphatic rings. The standard InChI is InChI=1S/C51H31N3OS/c1-5-16-32(17-6-1)36-30-42(33-18-7-2-8-19-33)46-43(31-36)45-41(51-53-49(34-20-9-3-10-21-34)52-50(54-51)35-22-11-4-12-23-35)29-28-38(47(45)55-46)40-26-15-25-39-37-24-13-14-27-44(37)56-48(39)40/h1-31H. The monoisotopic (exact) mass is 733 g/mol. The van der Waals surface area contributed by atoms with E-state index in [0.717, 1.165) is 72.0 Å². The zero-order valence-electron chi connectivity index (χ0n) is 30.1. The van der Waals surface area contributed by atoms with E-state index >= 15 is 0 Å². The smallest absolute Gasteiger partial charge is 0.164 e. The summed E-state index contributed by atoms with van der Waals surface area (Å²) in [5.41, 5.74) is 10.9. The second-order valence-corrected chi connectivity index (χ2v) is 15.0. The molecule has 56 heavy (non-hydrogen) atoms. The molecule has 0 bridgehead atoms. The third-order valence-corrected chi connectivity index (χ3v) is 11.8. The van der Waals surface area contributed by atoms with E-state index in [9.17, 15) is 0 Å². The van der Waals surface area contributed by atoms with E-state index < -0.39 is 0 Å². The van der Waals surface area contributed by atoms with E-state index in [0.29, 0.717) is 17.5 Å². The highest BCUT2D eigenvalue weighted by atomic mass is 32.1. The number of fused-ring (bicyclic) bond motifs is 6. The van der Waals surface area contributed by atoms with Crippen molar-refractivity contribution in [3.8, 4) is 67.5 Å². The number of benzene rings is 8. The van der Waals surface area contributed by atoms with Crippen LogP contribution in [0.3, 0.4) is 0 Å². The minimum Gasteiger partial charge on any atom is -0.455 e. The highest BCUT2D eigenvalue weighted by molar-refractivity contribution is 7.26. The zero-order chi connectivity index (χ0) is 37.0. The van der Waals surface area contributed by atoms with E-state index in [1.807, 2.05) is 72.0 Å². The molecule has 0 atom stereocenters. The first-order valence-electron chi connectivity index (χ1n) is 18.7. The molecule has 0 saturated heterocycles. The topological polar surface area (TPSA) is 51.8 Å². The lowest BCUT2D eigenvalue weighted by Crippen LogP contribution is -2.00. The summed E-state index contributed by atoms with van der Waals surface area (Å²) < 4.78 is 9.76. The molecule has 0 aliphatic heterocycles. The summed E-state index contributed by atoms with van der Waals surface area (Å²) in [6.07, 6.45) is 0. The maximum atomic E-state index is 7.26. The van der Waals surface area contributed by atoms with E-state index in [1.54, 1.807) is 0 Å².